The van der Waals surface area contributed by atoms with Gasteiger partial charge in [-0.1, -0.05) is 13.3 Å². The molecule has 1 rings (SSSR count). The number of benzene rings is 1. The van der Waals surface area contributed by atoms with Gasteiger partial charge in [-0.2, -0.15) is 0 Å². The second-order valence-corrected chi connectivity index (χ2v) is 6.80. The van der Waals surface area contributed by atoms with Crippen LogP contribution >= 0.6 is 15.9 Å². The van der Waals surface area contributed by atoms with E-state index < -0.39 is 10.0 Å². The SMILES string of the molecule is CCCCOCCNC(=O)c1ccc(Br)c(S(N)(=O)=O)c1. The lowest BCUT2D eigenvalue weighted by Gasteiger charge is -2.08. The second-order valence-electron chi connectivity index (χ2n) is 4.41. The maximum Gasteiger partial charge on any atom is 0.251 e. The van der Waals surface area contributed by atoms with Crippen molar-refractivity contribution >= 4 is 31.9 Å². The Bertz CT molecular complexity index is 590. The average Bonchev–Trinajstić information content (AvgIpc) is 2.41. The van der Waals surface area contributed by atoms with Gasteiger partial charge in [0.2, 0.25) is 10.0 Å². The van der Waals surface area contributed by atoms with Crippen LogP contribution in [0, 0.1) is 0 Å². The molecule has 1 amide bonds. The van der Waals surface area contributed by atoms with Crippen LogP contribution < -0.4 is 10.5 Å². The van der Waals surface area contributed by atoms with Gasteiger partial charge in [-0.3, -0.25) is 4.79 Å². The third-order valence-corrected chi connectivity index (χ3v) is 4.58. The topological polar surface area (TPSA) is 98.5 Å². The second kappa shape index (κ2) is 8.47. The zero-order chi connectivity index (χ0) is 15.9. The fraction of sp³-hybridized carbons (Fsp3) is 0.462. The number of sulfonamides is 1. The van der Waals surface area contributed by atoms with Gasteiger partial charge >= 0.3 is 0 Å². The van der Waals surface area contributed by atoms with Crippen LogP contribution in [0.25, 0.3) is 0 Å². The monoisotopic (exact) mass is 378 g/mol. The molecule has 0 bridgehead atoms. The number of nitrogens with two attached hydrogens (primary N) is 1. The Balaban J connectivity index is 2.59. The van der Waals surface area contributed by atoms with Crippen molar-refractivity contribution in [3.05, 3.63) is 28.2 Å². The van der Waals surface area contributed by atoms with Gasteiger partial charge in [-0.05, 0) is 40.5 Å². The number of hydrogen-bond donors (Lipinski definition) is 2. The van der Waals surface area contributed by atoms with Crippen molar-refractivity contribution in [1.29, 1.82) is 0 Å². The third-order valence-electron chi connectivity index (χ3n) is 2.67. The predicted molar refractivity (Wildman–Crippen MR) is 83.6 cm³/mol. The van der Waals surface area contributed by atoms with E-state index in [9.17, 15) is 13.2 Å². The molecule has 118 valence electrons. The van der Waals surface area contributed by atoms with Crippen LogP contribution in [0.15, 0.2) is 27.6 Å². The molecule has 1 aromatic rings. The number of nitrogens with one attached hydrogen (secondary N) is 1. The number of amides is 1. The molecule has 6 nitrogen and oxygen atoms in total. The maximum atomic E-state index is 11.9. The Morgan fingerprint density at radius 1 is 1.38 bits per heavy atom. The largest absolute Gasteiger partial charge is 0.380 e. The van der Waals surface area contributed by atoms with Gasteiger partial charge in [0.1, 0.15) is 0 Å². The molecule has 8 heteroatoms. The molecular formula is C13H19BrN2O4S. The summed E-state index contributed by atoms with van der Waals surface area (Å²) in [6, 6.07) is 4.24. The fourth-order valence-corrected chi connectivity index (χ4v) is 3.10. The minimum Gasteiger partial charge on any atom is -0.380 e. The van der Waals surface area contributed by atoms with Crippen LogP contribution in [0.2, 0.25) is 0 Å². The Morgan fingerprint density at radius 2 is 2.10 bits per heavy atom. The summed E-state index contributed by atoms with van der Waals surface area (Å²) in [5.41, 5.74) is 0.232. The van der Waals surface area contributed by atoms with Crippen molar-refractivity contribution in [2.24, 2.45) is 5.14 Å². The first-order valence-corrected chi connectivity index (χ1v) is 8.88. The summed E-state index contributed by atoms with van der Waals surface area (Å²) in [7, 11) is -3.88. The van der Waals surface area contributed by atoms with Crippen LogP contribution in [-0.2, 0) is 14.8 Å². The summed E-state index contributed by atoms with van der Waals surface area (Å²) in [6.07, 6.45) is 2.04. The first-order chi connectivity index (χ1) is 9.86. The first-order valence-electron chi connectivity index (χ1n) is 6.54. The molecule has 0 spiro atoms. The number of halogens is 1. The Hall–Kier alpha value is -0.960. The van der Waals surface area contributed by atoms with Gasteiger partial charge < -0.3 is 10.1 Å². The van der Waals surface area contributed by atoms with Gasteiger partial charge in [0.15, 0.2) is 0 Å². The van der Waals surface area contributed by atoms with Crippen molar-refractivity contribution < 1.29 is 17.9 Å². The van der Waals surface area contributed by atoms with Crippen molar-refractivity contribution in [2.75, 3.05) is 19.8 Å². The van der Waals surface area contributed by atoms with E-state index in [-0.39, 0.29) is 16.4 Å². The molecule has 0 aliphatic rings. The molecule has 0 saturated heterocycles. The fourth-order valence-electron chi connectivity index (χ4n) is 1.55. The standard InChI is InChI=1S/C13H19BrN2O4S/c1-2-3-7-20-8-6-16-13(17)10-4-5-11(14)12(9-10)21(15,18)19/h4-5,9H,2-3,6-8H2,1H3,(H,16,17)(H2,15,18,19). The van der Waals surface area contributed by atoms with E-state index in [1.807, 2.05) is 0 Å². The van der Waals surface area contributed by atoms with E-state index in [0.717, 1.165) is 12.8 Å². The number of unbranched alkanes of at least 4 members (excludes halogenated alkanes) is 1. The number of ether oxygens (including phenoxy) is 1. The molecule has 0 aliphatic carbocycles. The summed E-state index contributed by atoms with van der Waals surface area (Å²) < 4.78 is 28.4. The Morgan fingerprint density at radius 3 is 2.71 bits per heavy atom. The van der Waals surface area contributed by atoms with Crippen LogP contribution in [0.1, 0.15) is 30.1 Å². The smallest absolute Gasteiger partial charge is 0.251 e. The highest BCUT2D eigenvalue weighted by Gasteiger charge is 2.15. The Kier molecular flexibility index (Phi) is 7.30. The molecule has 0 aliphatic heterocycles. The van der Waals surface area contributed by atoms with Crippen molar-refractivity contribution in [2.45, 2.75) is 24.7 Å². The minimum absolute atomic E-state index is 0.116. The quantitative estimate of drug-likeness (QED) is 0.671. The molecule has 3 N–H and O–H groups in total. The normalized spacial score (nSPS) is 11.4. The van der Waals surface area contributed by atoms with Crippen LogP contribution in [0.4, 0.5) is 0 Å². The number of rotatable bonds is 8. The van der Waals surface area contributed by atoms with E-state index in [4.69, 9.17) is 9.88 Å². The number of hydrogen-bond acceptors (Lipinski definition) is 4. The molecule has 0 fully saturated rings. The van der Waals surface area contributed by atoms with E-state index >= 15 is 0 Å². The lowest BCUT2D eigenvalue weighted by atomic mass is 10.2. The Labute approximate surface area is 133 Å². The molecule has 0 radical (unpaired) electrons. The van der Waals surface area contributed by atoms with Crippen LogP contribution in [-0.4, -0.2) is 34.1 Å². The maximum absolute atomic E-state index is 11.9. The average molecular weight is 379 g/mol. The highest BCUT2D eigenvalue weighted by Crippen LogP contribution is 2.21. The zero-order valence-corrected chi connectivity index (χ0v) is 14.2. The highest BCUT2D eigenvalue weighted by atomic mass is 79.9. The molecule has 1 aromatic carbocycles. The summed E-state index contributed by atoms with van der Waals surface area (Å²) in [5, 5.41) is 7.74. The number of carbonyl (C=O) groups excluding carboxylic acids is 1. The van der Waals surface area contributed by atoms with Gasteiger partial charge in [-0.25, -0.2) is 13.6 Å². The molecule has 21 heavy (non-hydrogen) atoms. The molecule has 0 atom stereocenters. The summed E-state index contributed by atoms with van der Waals surface area (Å²) in [5.74, 6) is -0.369. The van der Waals surface area contributed by atoms with E-state index in [2.05, 4.69) is 28.2 Å². The van der Waals surface area contributed by atoms with E-state index in [0.29, 0.717) is 24.2 Å². The van der Waals surface area contributed by atoms with Crippen LogP contribution in [0.5, 0.6) is 0 Å². The van der Waals surface area contributed by atoms with Gasteiger partial charge in [-0.15, -0.1) is 0 Å². The van der Waals surface area contributed by atoms with Crippen LogP contribution in [0.3, 0.4) is 0 Å². The summed E-state index contributed by atoms with van der Waals surface area (Å²) in [6.45, 7) is 3.52. The van der Waals surface area contributed by atoms with E-state index in [1.165, 1.54) is 18.2 Å². The number of primary sulfonamides is 1. The molecular weight excluding hydrogens is 360 g/mol. The van der Waals surface area contributed by atoms with E-state index in [1.54, 1.807) is 0 Å². The lowest BCUT2D eigenvalue weighted by molar-refractivity contribution is 0.0912. The van der Waals surface area contributed by atoms with Crippen molar-refractivity contribution in [3.63, 3.8) is 0 Å². The number of carbonyl (C=O) groups is 1. The third kappa shape index (κ3) is 6.13. The summed E-state index contributed by atoms with van der Waals surface area (Å²) in [4.78, 5) is 11.8. The van der Waals surface area contributed by atoms with Crippen molar-refractivity contribution in [1.82, 2.24) is 5.32 Å². The highest BCUT2D eigenvalue weighted by molar-refractivity contribution is 9.10. The molecule has 0 saturated carbocycles. The van der Waals surface area contributed by atoms with Gasteiger partial charge in [0, 0.05) is 23.2 Å². The summed E-state index contributed by atoms with van der Waals surface area (Å²) >= 11 is 3.09. The van der Waals surface area contributed by atoms with Crippen molar-refractivity contribution in [3.8, 4) is 0 Å². The predicted octanol–water partition coefficient (Wildman–Crippen LogP) is 1.64. The zero-order valence-electron chi connectivity index (χ0n) is 11.8. The minimum atomic E-state index is -3.88. The van der Waals surface area contributed by atoms with Gasteiger partial charge in [0.25, 0.3) is 5.91 Å². The molecule has 0 aromatic heterocycles. The molecule has 0 unspecified atom stereocenters. The lowest BCUT2D eigenvalue weighted by Crippen LogP contribution is -2.27. The van der Waals surface area contributed by atoms with Gasteiger partial charge in [0.05, 0.1) is 11.5 Å². The first kappa shape index (κ1) is 18.1. The molecule has 0 heterocycles.